The molecule has 0 N–H and O–H groups in total. The van der Waals surface area contributed by atoms with Crippen LogP contribution in [0.1, 0.15) is 18.4 Å². The number of hydrogen-bond donors (Lipinski definition) is 0. The first-order valence-corrected chi connectivity index (χ1v) is 9.51. The largest absolute Gasteiger partial charge is 0.470 e. The molecule has 6 heteroatoms. The fraction of sp³-hybridized carbons (Fsp3) is 0.294. The third-order valence-corrected chi connectivity index (χ3v) is 5.98. The third kappa shape index (κ3) is 2.91. The van der Waals surface area contributed by atoms with Crippen LogP contribution in [0.15, 0.2) is 48.5 Å². The van der Waals surface area contributed by atoms with Gasteiger partial charge in [-0.25, -0.2) is 12.7 Å². The van der Waals surface area contributed by atoms with E-state index in [0.29, 0.717) is 35.8 Å². The number of halogens is 1. The zero-order valence-electron chi connectivity index (χ0n) is 12.8. The van der Waals surface area contributed by atoms with E-state index in [1.165, 1.54) is 4.31 Å². The topological polar surface area (TPSA) is 46.6 Å². The Labute approximate surface area is 141 Å². The molecule has 0 saturated carbocycles. The minimum atomic E-state index is -3.67. The van der Waals surface area contributed by atoms with Crippen molar-refractivity contribution >= 4 is 33.0 Å². The van der Waals surface area contributed by atoms with Crippen LogP contribution >= 0.6 is 11.6 Å². The molecule has 0 amide bonds. The van der Waals surface area contributed by atoms with E-state index in [9.17, 15) is 8.42 Å². The molecule has 1 atom stereocenters. The maximum absolute atomic E-state index is 13.1. The van der Waals surface area contributed by atoms with Gasteiger partial charge in [0.25, 0.3) is 10.0 Å². The molecule has 1 heterocycles. The molecule has 0 aliphatic carbocycles. The van der Waals surface area contributed by atoms with Crippen molar-refractivity contribution in [3.05, 3.63) is 54.1 Å². The van der Waals surface area contributed by atoms with Crippen molar-refractivity contribution in [1.29, 1.82) is 0 Å². The van der Waals surface area contributed by atoms with Crippen LogP contribution in [0.2, 0.25) is 0 Å². The van der Waals surface area contributed by atoms with Gasteiger partial charge >= 0.3 is 0 Å². The summed E-state index contributed by atoms with van der Waals surface area (Å²) in [4.78, 5) is 0. The van der Waals surface area contributed by atoms with E-state index in [4.69, 9.17) is 16.3 Å². The van der Waals surface area contributed by atoms with Crippen molar-refractivity contribution < 1.29 is 13.2 Å². The van der Waals surface area contributed by atoms with E-state index < -0.39 is 15.5 Å². The maximum atomic E-state index is 13.1. The van der Waals surface area contributed by atoms with Crippen molar-refractivity contribution in [3.8, 4) is 5.75 Å². The summed E-state index contributed by atoms with van der Waals surface area (Å²) >= 11 is 5.73. The molecule has 0 radical (unpaired) electrons. The number of para-hydroxylation sites is 2. The van der Waals surface area contributed by atoms with Gasteiger partial charge < -0.3 is 4.74 Å². The van der Waals surface area contributed by atoms with Gasteiger partial charge in [0.05, 0.1) is 5.69 Å². The van der Waals surface area contributed by atoms with Crippen molar-refractivity contribution in [1.82, 2.24) is 0 Å². The maximum Gasteiger partial charge on any atom is 0.277 e. The average molecular weight is 352 g/mol. The molecule has 3 rings (SSSR count). The fourth-order valence-corrected chi connectivity index (χ4v) is 4.71. The summed E-state index contributed by atoms with van der Waals surface area (Å²) in [6, 6.07) is 14.6. The van der Waals surface area contributed by atoms with Crippen molar-refractivity contribution in [2.75, 3.05) is 10.2 Å². The Morgan fingerprint density at radius 1 is 1.13 bits per heavy atom. The van der Waals surface area contributed by atoms with Crippen LogP contribution in [0, 0.1) is 6.92 Å². The minimum absolute atomic E-state index is 0.364. The lowest BCUT2D eigenvalue weighted by atomic mass is 10.1. The van der Waals surface area contributed by atoms with Crippen LogP contribution in [0.3, 0.4) is 0 Å². The molecule has 0 spiro atoms. The Hall–Kier alpha value is -1.72. The number of fused-ring (bicyclic) bond motifs is 1. The van der Waals surface area contributed by atoms with Crippen LogP contribution in [0.4, 0.5) is 11.4 Å². The molecule has 1 aliphatic rings. The van der Waals surface area contributed by atoms with Gasteiger partial charge in [0, 0.05) is 12.3 Å². The van der Waals surface area contributed by atoms with Gasteiger partial charge in [-0.05, 0) is 37.1 Å². The lowest BCUT2D eigenvalue weighted by molar-refractivity contribution is 0.257. The molecule has 1 aliphatic heterocycles. The van der Waals surface area contributed by atoms with E-state index in [-0.39, 0.29) is 0 Å². The normalized spacial score (nSPS) is 19.0. The summed E-state index contributed by atoms with van der Waals surface area (Å²) in [5.41, 5.74) is 1.13. The first-order chi connectivity index (χ1) is 11.1. The summed E-state index contributed by atoms with van der Waals surface area (Å²) < 4.78 is 33.4. The number of aryl methyl sites for hydroxylation is 1. The van der Waals surface area contributed by atoms with E-state index in [1.807, 2.05) is 37.3 Å². The summed E-state index contributed by atoms with van der Waals surface area (Å²) in [5, 5.41) is 0. The molecular formula is C17H18ClNO3S. The zero-order chi connectivity index (χ0) is 16.4. The number of benzene rings is 2. The van der Waals surface area contributed by atoms with E-state index in [2.05, 4.69) is 0 Å². The van der Waals surface area contributed by atoms with Crippen LogP contribution in [-0.2, 0) is 10.0 Å². The van der Waals surface area contributed by atoms with Crippen molar-refractivity contribution in [2.24, 2.45) is 0 Å². The quantitative estimate of drug-likeness (QED) is 0.775. The number of hydrogen-bond acceptors (Lipinski definition) is 3. The summed E-state index contributed by atoms with van der Waals surface area (Å²) in [5.74, 6) is 0.991. The van der Waals surface area contributed by atoms with E-state index >= 15 is 0 Å². The number of alkyl halides is 1. The molecule has 2 aromatic rings. The number of sulfonamides is 1. The second-order valence-electron chi connectivity index (χ2n) is 5.45. The molecular weight excluding hydrogens is 334 g/mol. The third-order valence-electron chi connectivity index (χ3n) is 3.81. The molecule has 1 unspecified atom stereocenters. The molecule has 0 saturated heterocycles. The molecule has 0 aromatic heterocycles. The monoisotopic (exact) mass is 351 g/mol. The highest BCUT2D eigenvalue weighted by atomic mass is 35.5. The van der Waals surface area contributed by atoms with Crippen LogP contribution in [0.25, 0.3) is 0 Å². The summed E-state index contributed by atoms with van der Waals surface area (Å²) in [6.45, 7) is 1.88. The van der Waals surface area contributed by atoms with Crippen LogP contribution in [0.5, 0.6) is 5.75 Å². The van der Waals surface area contributed by atoms with Crippen molar-refractivity contribution in [2.45, 2.75) is 25.2 Å². The second kappa shape index (κ2) is 6.42. The lowest BCUT2D eigenvalue weighted by Gasteiger charge is -2.36. The van der Waals surface area contributed by atoms with Gasteiger partial charge in [-0.15, -0.1) is 11.6 Å². The van der Waals surface area contributed by atoms with Crippen molar-refractivity contribution in [3.63, 3.8) is 0 Å². The number of anilines is 2. The zero-order valence-corrected chi connectivity index (χ0v) is 14.3. The average Bonchev–Trinajstić information content (AvgIpc) is 2.54. The molecule has 0 bridgehead atoms. The van der Waals surface area contributed by atoms with Gasteiger partial charge in [0.1, 0.15) is 11.4 Å². The molecule has 0 fully saturated rings. The SMILES string of the molecule is Cc1cccc2c1N(c1ccccc1)S(=O)(=O)C(CCCCl)O2. The molecule has 23 heavy (non-hydrogen) atoms. The van der Waals surface area contributed by atoms with Gasteiger partial charge in [0.2, 0.25) is 5.44 Å². The lowest BCUT2D eigenvalue weighted by Crippen LogP contribution is -2.43. The Bertz CT molecular complexity index is 793. The van der Waals surface area contributed by atoms with Crippen LogP contribution in [-0.4, -0.2) is 19.7 Å². The van der Waals surface area contributed by atoms with Crippen LogP contribution < -0.4 is 9.04 Å². The van der Waals surface area contributed by atoms with E-state index in [1.54, 1.807) is 18.2 Å². The first-order valence-electron chi connectivity index (χ1n) is 7.47. The number of ether oxygens (including phenoxy) is 1. The summed E-state index contributed by atoms with van der Waals surface area (Å²) in [7, 11) is -3.67. The van der Waals surface area contributed by atoms with Gasteiger partial charge in [-0.2, -0.15) is 0 Å². The van der Waals surface area contributed by atoms with Gasteiger partial charge in [-0.3, -0.25) is 0 Å². The molecule has 2 aromatic carbocycles. The second-order valence-corrected chi connectivity index (χ2v) is 7.74. The Kier molecular flexibility index (Phi) is 4.50. The number of rotatable bonds is 4. The molecule has 122 valence electrons. The molecule has 4 nitrogen and oxygen atoms in total. The predicted octanol–water partition coefficient (Wildman–Crippen LogP) is 4.20. The Morgan fingerprint density at radius 3 is 2.57 bits per heavy atom. The highest BCUT2D eigenvalue weighted by molar-refractivity contribution is 7.93. The van der Waals surface area contributed by atoms with Gasteiger partial charge in [0.15, 0.2) is 0 Å². The highest BCUT2D eigenvalue weighted by Crippen LogP contribution is 2.44. The Morgan fingerprint density at radius 2 is 1.87 bits per heavy atom. The van der Waals surface area contributed by atoms with E-state index in [0.717, 1.165) is 5.56 Å². The fourth-order valence-electron chi connectivity index (χ4n) is 2.73. The first kappa shape index (κ1) is 16.1. The number of nitrogens with zero attached hydrogens (tertiary/aromatic N) is 1. The van der Waals surface area contributed by atoms with Gasteiger partial charge in [-0.1, -0.05) is 30.3 Å². The highest BCUT2D eigenvalue weighted by Gasteiger charge is 2.41. The Balaban J connectivity index is 2.18. The minimum Gasteiger partial charge on any atom is -0.470 e. The smallest absolute Gasteiger partial charge is 0.277 e. The predicted molar refractivity (Wildman–Crippen MR) is 93.0 cm³/mol. The standard InChI is InChI=1S/C17H18ClNO3S/c1-13-7-5-10-15-17(13)19(14-8-3-2-4-9-14)23(20,21)16(22-15)11-6-12-18/h2-5,7-10,16H,6,11-12H2,1H3. The summed E-state index contributed by atoms with van der Waals surface area (Å²) in [6.07, 6.45) is 0.942.